The molecule has 0 saturated heterocycles. The number of nitrogens with zero attached hydrogens (tertiary/aromatic N) is 2. The molecular weight excluding hydrogens is 410 g/mol. The summed E-state index contributed by atoms with van der Waals surface area (Å²) in [5, 5.41) is 12.6. The van der Waals surface area contributed by atoms with Gasteiger partial charge in [0.1, 0.15) is 17.4 Å². The zero-order valence-corrected chi connectivity index (χ0v) is 20.7. The Hall–Kier alpha value is -3.52. The van der Waals surface area contributed by atoms with Gasteiger partial charge in [-0.15, -0.1) is 0 Å². The molecule has 2 aromatic rings. The molecule has 0 aliphatic carbocycles. The summed E-state index contributed by atoms with van der Waals surface area (Å²) < 4.78 is 5.68. The number of allylic oxidation sites excluding steroid dienone is 1. The maximum Gasteiger partial charge on any atom is 0.266 e. The van der Waals surface area contributed by atoms with Crippen LogP contribution < -0.4 is 15.0 Å². The van der Waals surface area contributed by atoms with Gasteiger partial charge in [0.15, 0.2) is 0 Å². The summed E-state index contributed by atoms with van der Waals surface area (Å²) in [6.07, 6.45) is 4.90. The van der Waals surface area contributed by atoms with Gasteiger partial charge in [-0.05, 0) is 82.0 Å². The molecule has 0 saturated carbocycles. The van der Waals surface area contributed by atoms with E-state index >= 15 is 0 Å². The summed E-state index contributed by atoms with van der Waals surface area (Å²) in [5.74, 6) is 0.189. The number of hydrogen-bond acceptors (Lipinski definition) is 4. The van der Waals surface area contributed by atoms with E-state index in [1.807, 2.05) is 50.2 Å². The predicted octanol–water partition coefficient (Wildman–Crippen LogP) is 6.27. The van der Waals surface area contributed by atoms with Gasteiger partial charge in [-0.3, -0.25) is 4.79 Å². The first-order chi connectivity index (χ1) is 15.6. The fraction of sp³-hybridized carbons (Fsp3) is 0.357. The monoisotopic (exact) mass is 443 g/mol. The quantitative estimate of drug-likeness (QED) is 0.422. The van der Waals surface area contributed by atoms with Crippen molar-refractivity contribution in [3.05, 3.63) is 64.2 Å². The third-order valence-corrected chi connectivity index (χ3v) is 6.21. The number of carbonyl (C=O) groups is 1. The number of nitriles is 1. The molecule has 3 rings (SSSR count). The molecule has 1 aliphatic rings. The minimum absolute atomic E-state index is 0.0228. The van der Waals surface area contributed by atoms with Gasteiger partial charge >= 0.3 is 0 Å². The molecule has 0 unspecified atom stereocenters. The molecule has 5 nitrogen and oxygen atoms in total. The number of methoxy groups -OCH3 is 1. The number of ether oxygens (including phenoxy) is 1. The largest absolute Gasteiger partial charge is 0.496 e. The minimum Gasteiger partial charge on any atom is -0.496 e. The lowest BCUT2D eigenvalue weighted by Crippen LogP contribution is -2.45. The zero-order valence-electron chi connectivity index (χ0n) is 20.7. The Bertz CT molecular complexity index is 1180. The predicted molar refractivity (Wildman–Crippen MR) is 136 cm³/mol. The first-order valence-corrected chi connectivity index (χ1v) is 11.3. The highest BCUT2D eigenvalue weighted by Gasteiger charge is 2.31. The van der Waals surface area contributed by atoms with Crippen LogP contribution in [0.2, 0.25) is 0 Å². The molecule has 1 amide bonds. The van der Waals surface area contributed by atoms with Crippen molar-refractivity contribution in [2.24, 2.45) is 0 Å². The number of rotatable bonds is 6. The Balaban J connectivity index is 2.03. The van der Waals surface area contributed by atoms with Crippen molar-refractivity contribution < 1.29 is 9.53 Å². The summed E-state index contributed by atoms with van der Waals surface area (Å²) in [4.78, 5) is 15.2. The maximum absolute atomic E-state index is 12.9. The molecule has 0 bridgehead atoms. The Labute approximate surface area is 197 Å². The molecule has 33 heavy (non-hydrogen) atoms. The van der Waals surface area contributed by atoms with Gasteiger partial charge in [0.05, 0.1) is 12.6 Å². The highest BCUT2D eigenvalue weighted by molar-refractivity contribution is 6.10. The maximum atomic E-state index is 12.9. The lowest BCUT2D eigenvalue weighted by atomic mass is 9.87. The van der Waals surface area contributed by atoms with E-state index in [2.05, 4.69) is 44.0 Å². The van der Waals surface area contributed by atoms with E-state index in [-0.39, 0.29) is 11.1 Å². The third-order valence-electron chi connectivity index (χ3n) is 6.21. The van der Waals surface area contributed by atoms with E-state index < -0.39 is 5.91 Å². The summed E-state index contributed by atoms with van der Waals surface area (Å²) in [6.45, 7) is 13.6. The fourth-order valence-corrected chi connectivity index (χ4v) is 4.36. The molecular formula is C28H33N3O2. The number of benzene rings is 2. The summed E-state index contributed by atoms with van der Waals surface area (Å²) in [7, 11) is 1.61. The van der Waals surface area contributed by atoms with Gasteiger partial charge in [0.25, 0.3) is 5.91 Å². The highest BCUT2D eigenvalue weighted by Crippen LogP contribution is 2.42. The molecule has 2 aromatic carbocycles. The number of carbonyl (C=O) groups excluding carboxylic acids is 1. The average molecular weight is 444 g/mol. The fourth-order valence-electron chi connectivity index (χ4n) is 4.36. The summed E-state index contributed by atoms with van der Waals surface area (Å²) >= 11 is 0. The molecule has 1 aliphatic heterocycles. The first-order valence-electron chi connectivity index (χ1n) is 11.3. The lowest BCUT2D eigenvalue weighted by molar-refractivity contribution is -0.112. The molecule has 0 radical (unpaired) electrons. The van der Waals surface area contributed by atoms with Crippen LogP contribution in [0, 0.1) is 25.2 Å². The Kier molecular flexibility index (Phi) is 6.98. The number of nitrogens with one attached hydrogen (secondary N) is 1. The summed E-state index contributed by atoms with van der Waals surface area (Å²) in [5.41, 5.74) is 6.85. The van der Waals surface area contributed by atoms with Crippen LogP contribution in [-0.2, 0) is 4.79 Å². The molecule has 0 spiro atoms. The highest BCUT2D eigenvalue weighted by atomic mass is 16.5. The van der Waals surface area contributed by atoms with Crippen LogP contribution in [0.25, 0.3) is 11.6 Å². The van der Waals surface area contributed by atoms with Gasteiger partial charge in [-0.2, -0.15) is 5.26 Å². The van der Waals surface area contributed by atoms with Gasteiger partial charge in [-0.25, -0.2) is 0 Å². The molecule has 0 aromatic heterocycles. The number of anilines is 2. The molecule has 172 valence electrons. The van der Waals surface area contributed by atoms with Crippen molar-refractivity contribution in [3.63, 3.8) is 0 Å². The first kappa shape index (κ1) is 24.1. The number of aryl methyl sites for hydroxylation is 2. The average Bonchev–Trinajstić information content (AvgIpc) is 2.76. The number of amides is 1. The number of fused-ring (bicyclic) bond motifs is 1. The van der Waals surface area contributed by atoms with Crippen LogP contribution >= 0.6 is 0 Å². The molecule has 5 heteroatoms. The van der Waals surface area contributed by atoms with Crippen molar-refractivity contribution in [1.82, 2.24) is 0 Å². The van der Waals surface area contributed by atoms with Crippen LogP contribution in [0.5, 0.6) is 5.75 Å². The Morgan fingerprint density at radius 2 is 1.91 bits per heavy atom. The van der Waals surface area contributed by atoms with Crippen LogP contribution in [-0.4, -0.2) is 25.1 Å². The smallest absolute Gasteiger partial charge is 0.266 e. The van der Waals surface area contributed by atoms with Crippen LogP contribution in [0.4, 0.5) is 11.4 Å². The van der Waals surface area contributed by atoms with Crippen LogP contribution in [0.3, 0.4) is 0 Å². The van der Waals surface area contributed by atoms with Crippen LogP contribution in [0.1, 0.15) is 56.4 Å². The summed E-state index contributed by atoms with van der Waals surface area (Å²) in [6, 6.07) is 11.8. The number of hydrogen-bond donors (Lipinski definition) is 1. The molecule has 0 atom stereocenters. The van der Waals surface area contributed by atoms with Crippen molar-refractivity contribution in [3.8, 4) is 11.8 Å². The van der Waals surface area contributed by atoms with E-state index in [1.54, 1.807) is 13.2 Å². The van der Waals surface area contributed by atoms with Crippen molar-refractivity contribution in [2.45, 2.75) is 53.5 Å². The van der Waals surface area contributed by atoms with Gasteiger partial charge in [0.2, 0.25) is 0 Å². The van der Waals surface area contributed by atoms with E-state index in [0.717, 1.165) is 40.9 Å². The molecule has 1 N–H and O–H groups in total. The van der Waals surface area contributed by atoms with E-state index in [1.165, 1.54) is 0 Å². The third kappa shape index (κ3) is 4.96. The van der Waals surface area contributed by atoms with Crippen molar-refractivity contribution >= 4 is 28.9 Å². The van der Waals surface area contributed by atoms with E-state index in [0.29, 0.717) is 17.0 Å². The normalized spacial score (nSPS) is 14.8. The topological polar surface area (TPSA) is 65.4 Å². The minimum atomic E-state index is -0.443. The SMILES string of the molecule is CCCN1c2cc(OC)c(/C=C(\C#N)C(=O)Nc3ccc(C)c(C)c3)cc2C(C)=CC1(C)C. The van der Waals surface area contributed by atoms with Crippen molar-refractivity contribution in [2.75, 3.05) is 23.9 Å². The standard InChI is InChI=1S/C28H33N3O2/c1-8-11-31-25-15-26(33-7)21(14-24(25)20(4)16-28(31,5)6)13-22(17-29)27(32)30-23-10-9-18(2)19(3)12-23/h9-10,12-16H,8,11H2,1-7H3,(H,30,32)/b22-13+. The van der Waals surface area contributed by atoms with Crippen molar-refractivity contribution in [1.29, 1.82) is 5.26 Å². The van der Waals surface area contributed by atoms with Crippen LogP contribution in [0.15, 0.2) is 42.0 Å². The second-order valence-electron chi connectivity index (χ2n) is 9.17. The molecule has 1 heterocycles. The van der Waals surface area contributed by atoms with Gasteiger partial charge < -0.3 is 15.0 Å². The second-order valence-corrected chi connectivity index (χ2v) is 9.17. The van der Waals surface area contributed by atoms with E-state index in [4.69, 9.17) is 4.74 Å². The molecule has 0 fully saturated rings. The zero-order chi connectivity index (χ0) is 24.3. The second kappa shape index (κ2) is 9.54. The van der Waals surface area contributed by atoms with E-state index in [9.17, 15) is 10.1 Å². The van der Waals surface area contributed by atoms with Gasteiger partial charge in [0, 0.05) is 35.1 Å². The van der Waals surface area contributed by atoms with Gasteiger partial charge in [-0.1, -0.05) is 19.1 Å². The Morgan fingerprint density at radius 1 is 1.18 bits per heavy atom. The lowest BCUT2D eigenvalue weighted by Gasteiger charge is -2.43. The Morgan fingerprint density at radius 3 is 2.52 bits per heavy atom.